The highest BCUT2D eigenvalue weighted by Gasteiger charge is 2.11. The van der Waals surface area contributed by atoms with Gasteiger partial charge in [-0.2, -0.15) is 0 Å². The molecule has 8 heteroatoms. The molecule has 1 atom stereocenters. The number of nitrogens with two attached hydrogens (primary N) is 1. The second-order valence-corrected chi connectivity index (χ2v) is 3.20. The Morgan fingerprint density at radius 1 is 1.71 bits per heavy atom. The summed E-state index contributed by atoms with van der Waals surface area (Å²) in [5.41, 5.74) is 5.26. The van der Waals surface area contributed by atoms with E-state index in [1.807, 2.05) is 0 Å². The molecule has 0 aliphatic heterocycles. The molecule has 0 aliphatic rings. The van der Waals surface area contributed by atoms with Crippen LogP contribution in [0.4, 0.5) is 4.79 Å². The smallest absolute Gasteiger partial charge is 0.403 e. The molecule has 0 fully saturated rings. The van der Waals surface area contributed by atoms with Crippen LogP contribution in [-0.2, 0) is 16.0 Å². The summed E-state index contributed by atoms with van der Waals surface area (Å²) in [7, 11) is 0. The van der Waals surface area contributed by atoms with Crippen molar-refractivity contribution in [2.24, 2.45) is 5.73 Å². The number of imidazole rings is 1. The number of carbonyl (C=O) groups excluding carboxylic acids is 1. The Hall–Kier alpha value is -1.60. The maximum Gasteiger partial charge on any atom is 0.403 e. The summed E-state index contributed by atoms with van der Waals surface area (Å²) in [6.45, 7) is 2.04. The van der Waals surface area contributed by atoms with Gasteiger partial charge in [-0.3, -0.25) is 4.79 Å². The van der Waals surface area contributed by atoms with E-state index in [0.717, 1.165) is 5.69 Å². The van der Waals surface area contributed by atoms with Crippen molar-refractivity contribution >= 4 is 23.0 Å². The first-order chi connectivity index (χ1) is 7.97. The van der Waals surface area contributed by atoms with Gasteiger partial charge in [0.25, 0.3) is 0 Å². The summed E-state index contributed by atoms with van der Waals surface area (Å²) in [6.07, 6.45) is 3.34. The summed E-state index contributed by atoms with van der Waals surface area (Å²) in [5, 5.41) is 8.42. The predicted molar refractivity (Wildman–Crippen MR) is 60.8 cm³/mol. The average Bonchev–Trinajstić information content (AvgIpc) is 2.70. The van der Waals surface area contributed by atoms with Gasteiger partial charge in [-0.25, -0.2) is 9.78 Å². The van der Waals surface area contributed by atoms with E-state index in [2.05, 4.69) is 14.7 Å². The lowest BCUT2D eigenvalue weighted by molar-refractivity contribution is -0.138. The van der Waals surface area contributed by atoms with Crippen LogP contribution in [0.3, 0.4) is 0 Å². The normalized spacial score (nSPS) is 11.0. The fourth-order valence-electron chi connectivity index (χ4n) is 0.834. The Morgan fingerprint density at radius 3 is 2.65 bits per heavy atom. The fraction of sp³-hybridized carbons (Fsp3) is 0.444. The van der Waals surface area contributed by atoms with E-state index in [1.54, 1.807) is 13.1 Å². The summed E-state index contributed by atoms with van der Waals surface area (Å²) < 4.78 is 4.17. The number of nitrogens with one attached hydrogen (secondary N) is 1. The largest absolute Gasteiger partial charge is 0.480 e. The lowest BCUT2D eigenvalue weighted by atomic mass is 10.2. The number of ether oxygens (including phenoxy) is 1. The molecule has 0 radical (unpaired) electrons. The Bertz CT molecular complexity index is 342. The molecule has 0 amide bonds. The lowest BCUT2D eigenvalue weighted by Crippen LogP contribution is -2.32. The maximum absolute atomic E-state index is 10.3. The van der Waals surface area contributed by atoms with Crippen LogP contribution < -0.4 is 5.73 Å². The van der Waals surface area contributed by atoms with E-state index in [9.17, 15) is 9.59 Å². The van der Waals surface area contributed by atoms with Crippen LogP contribution in [0, 0.1) is 0 Å². The Balaban J connectivity index is 0.000000366. The molecule has 4 N–H and O–H groups in total. The van der Waals surface area contributed by atoms with E-state index in [1.165, 1.54) is 6.33 Å². The standard InChI is InChI=1S/C6H9N3O2.C3H5ClO2/c7-5(6(10)11)1-4-2-8-3-9-4;1-2-6-3(4)5/h2-3,5H,1,7H2,(H,8,9)(H,10,11);2H2,1H3. The van der Waals surface area contributed by atoms with Crippen molar-refractivity contribution in [1.82, 2.24) is 9.97 Å². The van der Waals surface area contributed by atoms with E-state index >= 15 is 0 Å². The molecule has 17 heavy (non-hydrogen) atoms. The van der Waals surface area contributed by atoms with Crippen LogP contribution in [-0.4, -0.2) is 39.1 Å². The minimum absolute atomic E-state index is 0.287. The number of hydrogen-bond donors (Lipinski definition) is 3. The number of aliphatic carboxylic acids is 1. The predicted octanol–water partition coefficient (Wildman–Crippen LogP) is 0.746. The molecule has 96 valence electrons. The van der Waals surface area contributed by atoms with Crippen molar-refractivity contribution in [2.45, 2.75) is 19.4 Å². The molecule has 0 saturated carbocycles. The van der Waals surface area contributed by atoms with Crippen LogP contribution in [0.1, 0.15) is 12.6 Å². The highest BCUT2D eigenvalue weighted by atomic mass is 35.5. The SMILES string of the molecule is CCOC(=O)Cl.NC(Cc1cnc[nH]1)C(=O)O. The van der Waals surface area contributed by atoms with E-state index < -0.39 is 17.4 Å². The first-order valence-electron chi connectivity index (χ1n) is 4.75. The molecule has 0 spiro atoms. The minimum Gasteiger partial charge on any atom is -0.480 e. The number of carbonyl (C=O) groups is 2. The van der Waals surface area contributed by atoms with Crippen LogP contribution >= 0.6 is 11.6 Å². The number of aromatic amines is 1. The summed E-state index contributed by atoms with van der Waals surface area (Å²) >= 11 is 4.72. The second-order valence-electron chi connectivity index (χ2n) is 2.90. The summed E-state index contributed by atoms with van der Waals surface area (Å²) in [4.78, 5) is 26.4. The summed E-state index contributed by atoms with van der Waals surface area (Å²) in [6, 6.07) is -0.851. The Kier molecular flexibility index (Phi) is 7.74. The number of carboxylic acid groups (broad SMARTS) is 1. The van der Waals surface area contributed by atoms with E-state index in [-0.39, 0.29) is 6.42 Å². The maximum atomic E-state index is 10.3. The monoisotopic (exact) mass is 263 g/mol. The van der Waals surface area contributed by atoms with Gasteiger partial charge in [0.15, 0.2) is 0 Å². The average molecular weight is 264 g/mol. The van der Waals surface area contributed by atoms with Gasteiger partial charge in [-0.05, 0) is 6.92 Å². The van der Waals surface area contributed by atoms with Crippen LogP contribution in [0.2, 0.25) is 0 Å². The van der Waals surface area contributed by atoms with Gasteiger partial charge < -0.3 is 20.6 Å². The molecule has 0 bridgehead atoms. The number of aromatic nitrogens is 2. The van der Waals surface area contributed by atoms with Gasteiger partial charge in [0, 0.05) is 29.9 Å². The summed E-state index contributed by atoms with van der Waals surface area (Å²) in [5.74, 6) is -1.00. The number of H-pyrrole nitrogens is 1. The van der Waals surface area contributed by atoms with Gasteiger partial charge in [0.2, 0.25) is 0 Å². The Labute approximate surface area is 103 Å². The van der Waals surface area contributed by atoms with Crippen LogP contribution in [0.15, 0.2) is 12.5 Å². The molecular formula is C9H14ClN3O4. The van der Waals surface area contributed by atoms with Crippen molar-refractivity contribution < 1.29 is 19.4 Å². The number of hydrogen-bond acceptors (Lipinski definition) is 5. The zero-order valence-electron chi connectivity index (χ0n) is 9.22. The highest BCUT2D eigenvalue weighted by molar-refractivity contribution is 6.61. The zero-order valence-corrected chi connectivity index (χ0v) is 9.98. The van der Waals surface area contributed by atoms with E-state index in [4.69, 9.17) is 22.4 Å². The van der Waals surface area contributed by atoms with Gasteiger partial charge in [-0.15, -0.1) is 0 Å². The topological polar surface area (TPSA) is 118 Å². The molecule has 0 aliphatic carbocycles. The highest BCUT2D eigenvalue weighted by Crippen LogP contribution is 1.95. The first-order valence-corrected chi connectivity index (χ1v) is 5.13. The van der Waals surface area contributed by atoms with Crippen molar-refractivity contribution in [3.05, 3.63) is 18.2 Å². The number of halogens is 1. The number of carboxylic acids is 1. The molecule has 1 heterocycles. The van der Waals surface area contributed by atoms with Crippen molar-refractivity contribution in [1.29, 1.82) is 0 Å². The lowest BCUT2D eigenvalue weighted by Gasteiger charge is -2.02. The van der Waals surface area contributed by atoms with Gasteiger partial charge in [0.1, 0.15) is 6.04 Å². The molecule has 1 rings (SSSR count). The molecular weight excluding hydrogens is 250 g/mol. The Morgan fingerprint density at radius 2 is 2.35 bits per heavy atom. The molecule has 1 unspecified atom stereocenters. The van der Waals surface area contributed by atoms with Gasteiger partial charge in [-0.1, -0.05) is 0 Å². The first kappa shape index (κ1) is 15.4. The van der Waals surface area contributed by atoms with Crippen LogP contribution in [0.5, 0.6) is 0 Å². The molecule has 7 nitrogen and oxygen atoms in total. The number of nitrogens with zero attached hydrogens (tertiary/aromatic N) is 1. The molecule has 1 aromatic heterocycles. The van der Waals surface area contributed by atoms with Crippen molar-refractivity contribution in [3.8, 4) is 0 Å². The van der Waals surface area contributed by atoms with Crippen molar-refractivity contribution in [3.63, 3.8) is 0 Å². The van der Waals surface area contributed by atoms with Crippen molar-refractivity contribution in [2.75, 3.05) is 6.61 Å². The fourth-order valence-corrected chi connectivity index (χ4v) is 0.943. The van der Waals surface area contributed by atoms with Crippen LogP contribution in [0.25, 0.3) is 0 Å². The minimum atomic E-state index is -1.00. The third kappa shape index (κ3) is 8.23. The molecule has 0 saturated heterocycles. The molecule has 1 aromatic rings. The zero-order chi connectivity index (χ0) is 13.3. The van der Waals surface area contributed by atoms with Gasteiger partial charge in [0.05, 0.1) is 12.9 Å². The third-order valence-corrected chi connectivity index (χ3v) is 1.68. The second kappa shape index (κ2) is 8.54. The molecule has 0 aromatic carbocycles. The quantitative estimate of drug-likeness (QED) is 0.690. The van der Waals surface area contributed by atoms with Gasteiger partial charge >= 0.3 is 11.4 Å². The third-order valence-electron chi connectivity index (χ3n) is 1.57. The number of rotatable bonds is 4. The van der Waals surface area contributed by atoms with E-state index in [0.29, 0.717) is 6.61 Å².